The van der Waals surface area contributed by atoms with E-state index >= 15 is 0 Å². The van der Waals surface area contributed by atoms with Crippen molar-refractivity contribution in [2.24, 2.45) is 0 Å². The Hall–Kier alpha value is -1.68. The molecule has 128 valence electrons. The molecule has 0 amide bonds. The molecule has 1 fully saturated rings. The molecule has 3 rings (SSSR count). The highest BCUT2D eigenvalue weighted by molar-refractivity contribution is 5.19. The predicted molar refractivity (Wildman–Crippen MR) is 96.9 cm³/mol. The lowest BCUT2D eigenvalue weighted by Crippen LogP contribution is -2.51. The summed E-state index contributed by atoms with van der Waals surface area (Å²) in [6.45, 7) is 7.58. The molecule has 0 aliphatic carbocycles. The normalized spacial score (nSPS) is 23.1. The second kappa shape index (κ2) is 8.43. The summed E-state index contributed by atoms with van der Waals surface area (Å²) in [6, 6.07) is 21.7. The van der Waals surface area contributed by atoms with Crippen LogP contribution in [0.25, 0.3) is 0 Å². The molecule has 0 aromatic heterocycles. The van der Waals surface area contributed by atoms with Crippen molar-refractivity contribution in [1.29, 1.82) is 0 Å². The van der Waals surface area contributed by atoms with Gasteiger partial charge in [-0.25, -0.2) is 0 Å². The van der Waals surface area contributed by atoms with Gasteiger partial charge in [0.2, 0.25) is 0 Å². The molecule has 0 spiro atoms. The molecule has 0 radical (unpaired) electrons. The van der Waals surface area contributed by atoms with Gasteiger partial charge in [-0.05, 0) is 25.0 Å². The van der Waals surface area contributed by atoms with Crippen molar-refractivity contribution in [3.8, 4) is 0 Å². The van der Waals surface area contributed by atoms with Gasteiger partial charge in [0.25, 0.3) is 0 Å². The van der Waals surface area contributed by atoms with Crippen molar-refractivity contribution >= 4 is 0 Å². The largest absolute Gasteiger partial charge is 0.378 e. The fraction of sp³-hybridized carbons (Fsp3) is 0.429. The highest BCUT2D eigenvalue weighted by atomic mass is 16.5. The van der Waals surface area contributed by atoms with Crippen LogP contribution < -0.4 is 0 Å². The maximum absolute atomic E-state index is 6.33. The van der Waals surface area contributed by atoms with Crippen LogP contribution in [-0.2, 0) is 16.1 Å². The lowest BCUT2D eigenvalue weighted by atomic mass is 10.1. The SMILES string of the molecule is C[C@H]1COC[C@H](C)N1C[C@H](OCc1ccccc1)c1ccccc1. The summed E-state index contributed by atoms with van der Waals surface area (Å²) in [5.41, 5.74) is 2.45. The molecule has 2 aromatic rings. The van der Waals surface area contributed by atoms with Gasteiger partial charge in [-0.15, -0.1) is 0 Å². The summed E-state index contributed by atoms with van der Waals surface area (Å²) < 4.78 is 12.0. The minimum Gasteiger partial charge on any atom is -0.378 e. The van der Waals surface area contributed by atoms with Crippen molar-refractivity contribution in [2.45, 2.75) is 38.6 Å². The minimum atomic E-state index is 0.0643. The lowest BCUT2D eigenvalue weighted by Gasteiger charge is -2.40. The van der Waals surface area contributed by atoms with Crippen LogP contribution in [0.3, 0.4) is 0 Å². The van der Waals surface area contributed by atoms with E-state index in [2.05, 4.69) is 73.3 Å². The summed E-state index contributed by atoms with van der Waals surface area (Å²) in [6.07, 6.45) is 0.0643. The first-order valence-electron chi connectivity index (χ1n) is 8.78. The van der Waals surface area contributed by atoms with E-state index in [1.165, 1.54) is 11.1 Å². The van der Waals surface area contributed by atoms with E-state index in [0.29, 0.717) is 18.7 Å². The maximum atomic E-state index is 6.33. The van der Waals surface area contributed by atoms with Gasteiger partial charge in [-0.2, -0.15) is 0 Å². The minimum absolute atomic E-state index is 0.0643. The molecule has 3 nitrogen and oxygen atoms in total. The molecule has 1 aliphatic heterocycles. The Labute approximate surface area is 145 Å². The number of hydrogen-bond donors (Lipinski definition) is 0. The zero-order valence-corrected chi connectivity index (χ0v) is 14.6. The number of ether oxygens (including phenoxy) is 2. The number of nitrogens with zero attached hydrogens (tertiary/aromatic N) is 1. The molecule has 1 heterocycles. The smallest absolute Gasteiger partial charge is 0.0956 e. The van der Waals surface area contributed by atoms with Crippen LogP contribution in [0.5, 0.6) is 0 Å². The predicted octanol–water partition coefficient (Wildman–Crippen LogP) is 4.05. The van der Waals surface area contributed by atoms with E-state index in [-0.39, 0.29) is 6.10 Å². The molecule has 3 heteroatoms. The van der Waals surface area contributed by atoms with E-state index < -0.39 is 0 Å². The highest BCUT2D eigenvalue weighted by Crippen LogP contribution is 2.24. The molecule has 1 aliphatic rings. The van der Waals surface area contributed by atoms with Crippen LogP contribution in [0, 0.1) is 0 Å². The molecular formula is C21H27NO2. The summed E-state index contributed by atoms with van der Waals surface area (Å²) in [5.74, 6) is 0. The van der Waals surface area contributed by atoms with Gasteiger partial charge in [0.05, 0.1) is 25.9 Å². The number of rotatable bonds is 6. The first kappa shape index (κ1) is 17.2. The van der Waals surface area contributed by atoms with E-state index in [1.807, 2.05) is 6.07 Å². The summed E-state index contributed by atoms with van der Waals surface area (Å²) in [5, 5.41) is 0. The molecule has 0 bridgehead atoms. The number of morpholine rings is 1. The average molecular weight is 325 g/mol. The first-order valence-corrected chi connectivity index (χ1v) is 8.78. The van der Waals surface area contributed by atoms with Gasteiger partial charge in [-0.3, -0.25) is 4.90 Å². The fourth-order valence-electron chi connectivity index (χ4n) is 3.28. The van der Waals surface area contributed by atoms with Crippen LogP contribution in [0.1, 0.15) is 31.1 Å². The third-order valence-electron chi connectivity index (χ3n) is 4.69. The van der Waals surface area contributed by atoms with E-state index in [4.69, 9.17) is 9.47 Å². The second-order valence-electron chi connectivity index (χ2n) is 6.63. The third-order valence-corrected chi connectivity index (χ3v) is 4.69. The standard InChI is InChI=1S/C21H27NO2/c1-17-14-23-15-18(2)22(17)13-21(20-11-7-4-8-12-20)24-16-19-9-5-3-6-10-19/h3-12,17-18,21H,13-16H2,1-2H3/t17-,18-,21-/m0/s1. The van der Waals surface area contributed by atoms with Crippen LogP contribution >= 0.6 is 0 Å². The molecule has 2 aromatic carbocycles. The average Bonchev–Trinajstić information content (AvgIpc) is 2.62. The van der Waals surface area contributed by atoms with Gasteiger partial charge >= 0.3 is 0 Å². The van der Waals surface area contributed by atoms with Gasteiger partial charge < -0.3 is 9.47 Å². The topological polar surface area (TPSA) is 21.7 Å². The first-order chi connectivity index (χ1) is 11.7. The zero-order chi connectivity index (χ0) is 16.8. The monoisotopic (exact) mass is 325 g/mol. The van der Waals surface area contributed by atoms with Crippen LogP contribution in [0.4, 0.5) is 0 Å². The van der Waals surface area contributed by atoms with Gasteiger partial charge in [0, 0.05) is 18.6 Å². The van der Waals surface area contributed by atoms with E-state index in [0.717, 1.165) is 19.8 Å². The third kappa shape index (κ3) is 4.44. The van der Waals surface area contributed by atoms with Crippen LogP contribution in [0.15, 0.2) is 60.7 Å². The maximum Gasteiger partial charge on any atom is 0.0956 e. The molecule has 0 saturated carbocycles. The Balaban J connectivity index is 1.72. The Morgan fingerprint density at radius 2 is 1.54 bits per heavy atom. The van der Waals surface area contributed by atoms with Crippen molar-refractivity contribution < 1.29 is 9.47 Å². The van der Waals surface area contributed by atoms with Crippen molar-refractivity contribution in [3.63, 3.8) is 0 Å². The fourth-order valence-corrected chi connectivity index (χ4v) is 3.28. The second-order valence-corrected chi connectivity index (χ2v) is 6.63. The van der Waals surface area contributed by atoms with Crippen molar-refractivity contribution in [1.82, 2.24) is 4.90 Å². The van der Waals surface area contributed by atoms with E-state index in [1.54, 1.807) is 0 Å². The van der Waals surface area contributed by atoms with Crippen molar-refractivity contribution in [2.75, 3.05) is 19.8 Å². The number of benzene rings is 2. The van der Waals surface area contributed by atoms with Crippen LogP contribution in [0.2, 0.25) is 0 Å². The highest BCUT2D eigenvalue weighted by Gasteiger charge is 2.28. The summed E-state index contributed by atoms with van der Waals surface area (Å²) in [4.78, 5) is 2.51. The lowest BCUT2D eigenvalue weighted by molar-refractivity contribution is -0.0692. The zero-order valence-electron chi connectivity index (χ0n) is 14.6. The van der Waals surface area contributed by atoms with Gasteiger partial charge in [0.15, 0.2) is 0 Å². The molecular weight excluding hydrogens is 298 g/mol. The Kier molecular flexibility index (Phi) is 6.02. The molecule has 0 unspecified atom stereocenters. The van der Waals surface area contributed by atoms with Gasteiger partial charge in [-0.1, -0.05) is 60.7 Å². The Morgan fingerprint density at radius 3 is 2.17 bits per heavy atom. The Bertz CT molecular complexity index is 592. The summed E-state index contributed by atoms with van der Waals surface area (Å²) in [7, 11) is 0. The van der Waals surface area contributed by atoms with Crippen LogP contribution in [-0.4, -0.2) is 36.7 Å². The molecule has 24 heavy (non-hydrogen) atoms. The quantitative estimate of drug-likeness (QED) is 0.799. The van der Waals surface area contributed by atoms with Gasteiger partial charge in [0.1, 0.15) is 0 Å². The summed E-state index contributed by atoms with van der Waals surface area (Å²) >= 11 is 0. The molecule has 0 N–H and O–H groups in total. The molecule has 3 atom stereocenters. The van der Waals surface area contributed by atoms with E-state index in [9.17, 15) is 0 Å². The van der Waals surface area contributed by atoms with Crippen molar-refractivity contribution in [3.05, 3.63) is 71.8 Å². The number of hydrogen-bond acceptors (Lipinski definition) is 3. The Morgan fingerprint density at radius 1 is 0.958 bits per heavy atom. The molecule has 1 saturated heterocycles.